The van der Waals surface area contributed by atoms with E-state index in [1.165, 1.54) is 29.5 Å². The first kappa shape index (κ1) is 18.6. The van der Waals surface area contributed by atoms with Gasteiger partial charge in [-0.15, -0.1) is 0 Å². The van der Waals surface area contributed by atoms with Crippen molar-refractivity contribution in [2.75, 3.05) is 18.4 Å². The smallest absolute Gasteiger partial charge is 0.243 e. The number of carbonyl (C=O) groups excluding carboxylic acids is 2. The second-order valence-corrected chi connectivity index (χ2v) is 5.92. The lowest BCUT2D eigenvalue weighted by molar-refractivity contribution is -0.132. The Morgan fingerprint density at radius 1 is 1.00 bits per heavy atom. The summed E-state index contributed by atoms with van der Waals surface area (Å²) in [5.74, 6) is -0.696. The molecular weight excluding hydrogens is 319 g/mol. The number of carbonyl (C=O) groups is 2. The van der Waals surface area contributed by atoms with Gasteiger partial charge in [0.2, 0.25) is 11.8 Å². The van der Waals surface area contributed by atoms with E-state index >= 15 is 0 Å². The fraction of sp³-hybridized carbons (Fsp3) is 0.300. The summed E-state index contributed by atoms with van der Waals surface area (Å²) in [6, 6.07) is 13.8. The maximum atomic E-state index is 12.9. The maximum Gasteiger partial charge on any atom is 0.243 e. The lowest BCUT2D eigenvalue weighted by Gasteiger charge is -2.20. The molecule has 0 saturated heterocycles. The molecule has 0 aliphatic rings. The van der Waals surface area contributed by atoms with Crippen LogP contribution in [0, 0.1) is 5.82 Å². The quantitative estimate of drug-likeness (QED) is 0.838. The highest BCUT2D eigenvalue weighted by molar-refractivity contribution is 5.94. The molecule has 5 heteroatoms. The van der Waals surface area contributed by atoms with Crippen LogP contribution in [0.25, 0.3) is 0 Å². The average molecular weight is 342 g/mol. The SMILES string of the molecule is CCc1ccc(NC(=O)CN(CCc2ccc(F)cc2)C(C)=O)cc1. The van der Waals surface area contributed by atoms with Gasteiger partial charge in [0.25, 0.3) is 0 Å². The van der Waals surface area contributed by atoms with Crippen molar-refractivity contribution >= 4 is 17.5 Å². The van der Waals surface area contributed by atoms with E-state index in [9.17, 15) is 14.0 Å². The fourth-order valence-electron chi connectivity index (χ4n) is 2.46. The molecule has 0 fully saturated rings. The van der Waals surface area contributed by atoms with E-state index in [4.69, 9.17) is 0 Å². The van der Waals surface area contributed by atoms with E-state index in [0.29, 0.717) is 18.7 Å². The van der Waals surface area contributed by atoms with Crippen molar-refractivity contribution in [3.05, 3.63) is 65.5 Å². The summed E-state index contributed by atoms with van der Waals surface area (Å²) in [6.07, 6.45) is 1.51. The van der Waals surface area contributed by atoms with E-state index in [0.717, 1.165) is 12.0 Å². The average Bonchev–Trinajstić information content (AvgIpc) is 2.60. The highest BCUT2D eigenvalue weighted by atomic mass is 19.1. The normalized spacial score (nSPS) is 10.4. The molecule has 0 radical (unpaired) electrons. The Kier molecular flexibility index (Phi) is 6.69. The Morgan fingerprint density at radius 3 is 2.16 bits per heavy atom. The van der Waals surface area contributed by atoms with Crippen molar-refractivity contribution in [1.29, 1.82) is 0 Å². The first-order valence-corrected chi connectivity index (χ1v) is 8.36. The summed E-state index contributed by atoms with van der Waals surface area (Å²) in [5, 5.41) is 2.80. The number of nitrogens with one attached hydrogen (secondary N) is 1. The van der Waals surface area contributed by atoms with Gasteiger partial charge in [0.1, 0.15) is 5.82 Å². The van der Waals surface area contributed by atoms with E-state index in [2.05, 4.69) is 12.2 Å². The third kappa shape index (κ3) is 6.03. The number of benzene rings is 2. The van der Waals surface area contributed by atoms with Crippen molar-refractivity contribution < 1.29 is 14.0 Å². The minimum Gasteiger partial charge on any atom is -0.333 e. The number of anilines is 1. The second kappa shape index (κ2) is 8.97. The van der Waals surface area contributed by atoms with E-state index in [1.807, 2.05) is 24.3 Å². The van der Waals surface area contributed by atoms with E-state index < -0.39 is 0 Å². The molecule has 132 valence electrons. The molecule has 4 nitrogen and oxygen atoms in total. The standard InChI is InChI=1S/C20H23FN2O2/c1-3-16-6-10-19(11-7-16)22-20(25)14-23(15(2)24)13-12-17-4-8-18(21)9-5-17/h4-11H,3,12-14H2,1-2H3,(H,22,25). The Hall–Kier alpha value is -2.69. The van der Waals surface area contributed by atoms with Gasteiger partial charge in [0, 0.05) is 19.2 Å². The molecule has 2 amide bonds. The molecule has 0 bridgehead atoms. The highest BCUT2D eigenvalue weighted by Gasteiger charge is 2.14. The fourth-order valence-corrected chi connectivity index (χ4v) is 2.46. The summed E-state index contributed by atoms with van der Waals surface area (Å²) >= 11 is 0. The Bertz CT molecular complexity index is 711. The molecule has 0 spiro atoms. The Morgan fingerprint density at radius 2 is 1.60 bits per heavy atom. The molecule has 2 rings (SSSR count). The Balaban J connectivity index is 1.89. The van der Waals surface area contributed by atoms with Gasteiger partial charge in [-0.2, -0.15) is 0 Å². The molecule has 0 atom stereocenters. The molecule has 0 aromatic heterocycles. The van der Waals surface area contributed by atoms with E-state index in [1.54, 1.807) is 12.1 Å². The predicted octanol–water partition coefficient (Wildman–Crippen LogP) is 3.42. The number of hydrogen-bond acceptors (Lipinski definition) is 2. The minimum absolute atomic E-state index is 0.00788. The molecule has 2 aromatic carbocycles. The van der Waals surface area contributed by atoms with Crippen molar-refractivity contribution in [2.24, 2.45) is 0 Å². The highest BCUT2D eigenvalue weighted by Crippen LogP contribution is 2.10. The van der Waals surface area contributed by atoms with Crippen LogP contribution in [-0.2, 0) is 22.4 Å². The zero-order chi connectivity index (χ0) is 18.2. The van der Waals surface area contributed by atoms with Crippen molar-refractivity contribution in [2.45, 2.75) is 26.7 Å². The van der Waals surface area contributed by atoms with Gasteiger partial charge in [-0.1, -0.05) is 31.2 Å². The number of amides is 2. The number of hydrogen-bond donors (Lipinski definition) is 1. The van der Waals surface area contributed by atoms with Crippen LogP contribution in [0.1, 0.15) is 25.0 Å². The summed E-state index contributed by atoms with van der Waals surface area (Å²) < 4.78 is 12.9. The van der Waals surface area contributed by atoms with E-state index in [-0.39, 0.29) is 24.2 Å². The zero-order valence-corrected chi connectivity index (χ0v) is 14.6. The van der Waals surface area contributed by atoms with Crippen LogP contribution in [0.15, 0.2) is 48.5 Å². The van der Waals surface area contributed by atoms with Gasteiger partial charge in [-0.3, -0.25) is 9.59 Å². The van der Waals surface area contributed by atoms with Crippen molar-refractivity contribution in [1.82, 2.24) is 4.90 Å². The monoisotopic (exact) mass is 342 g/mol. The maximum absolute atomic E-state index is 12.9. The summed E-state index contributed by atoms with van der Waals surface area (Å²) in [5.41, 5.74) is 2.83. The van der Waals surface area contributed by atoms with Gasteiger partial charge in [0.05, 0.1) is 6.54 Å². The van der Waals surface area contributed by atoms with Gasteiger partial charge < -0.3 is 10.2 Å². The molecule has 0 saturated carbocycles. The second-order valence-electron chi connectivity index (χ2n) is 5.92. The molecule has 1 N–H and O–H groups in total. The lowest BCUT2D eigenvalue weighted by Crippen LogP contribution is -2.38. The van der Waals surface area contributed by atoms with Crippen molar-refractivity contribution in [3.8, 4) is 0 Å². The van der Waals surface area contributed by atoms with Crippen LogP contribution < -0.4 is 5.32 Å². The summed E-state index contributed by atoms with van der Waals surface area (Å²) in [4.78, 5) is 25.4. The largest absolute Gasteiger partial charge is 0.333 e. The number of rotatable bonds is 7. The van der Waals surface area contributed by atoms with Gasteiger partial charge in [0.15, 0.2) is 0 Å². The van der Waals surface area contributed by atoms with Gasteiger partial charge >= 0.3 is 0 Å². The lowest BCUT2D eigenvalue weighted by atomic mass is 10.1. The summed E-state index contributed by atoms with van der Waals surface area (Å²) in [6.45, 7) is 3.91. The third-order valence-corrected chi connectivity index (χ3v) is 4.01. The first-order valence-electron chi connectivity index (χ1n) is 8.36. The predicted molar refractivity (Wildman–Crippen MR) is 96.8 cm³/mol. The van der Waals surface area contributed by atoms with Crippen molar-refractivity contribution in [3.63, 3.8) is 0 Å². The minimum atomic E-state index is -0.291. The Labute approximate surface area is 147 Å². The van der Waals surface area contributed by atoms with Gasteiger partial charge in [-0.25, -0.2) is 4.39 Å². The first-order chi connectivity index (χ1) is 12.0. The molecule has 0 heterocycles. The van der Waals surface area contributed by atoms with Crippen LogP contribution in [0.2, 0.25) is 0 Å². The molecule has 0 aliphatic heterocycles. The molecule has 0 unspecified atom stereocenters. The zero-order valence-electron chi connectivity index (χ0n) is 14.6. The van der Waals surface area contributed by atoms with Crippen LogP contribution >= 0.6 is 0 Å². The van der Waals surface area contributed by atoms with Gasteiger partial charge in [-0.05, 0) is 48.2 Å². The number of aryl methyl sites for hydroxylation is 1. The van der Waals surface area contributed by atoms with Crippen LogP contribution in [0.5, 0.6) is 0 Å². The molecule has 0 aliphatic carbocycles. The van der Waals surface area contributed by atoms with Crippen LogP contribution in [0.3, 0.4) is 0 Å². The molecular formula is C20H23FN2O2. The molecule has 2 aromatic rings. The molecule has 25 heavy (non-hydrogen) atoms. The van der Waals surface area contributed by atoms with Crippen LogP contribution in [0.4, 0.5) is 10.1 Å². The topological polar surface area (TPSA) is 49.4 Å². The number of nitrogens with zero attached hydrogens (tertiary/aromatic N) is 1. The number of halogens is 1. The third-order valence-electron chi connectivity index (χ3n) is 4.01. The van der Waals surface area contributed by atoms with Crippen LogP contribution in [-0.4, -0.2) is 29.8 Å². The summed E-state index contributed by atoms with van der Waals surface area (Å²) in [7, 11) is 0.